The number of ketones is 1. The molecular weight excluding hydrogens is 400 g/mol. The van der Waals surface area contributed by atoms with Crippen LogP contribution in [0.4, 0.5) is 0 Å². The molecule has 0 aromatic heterocycles. The molecule has 0 heterocycles. The Morgan fingerprint density at radius 3 is 2.37 bits per heavy atom. The molecule has 148 valence electrons. The van der Waals surface area contributed by atoms with Crippen LogP contribution in [0.5, 0.6) is 0 Å². The van der Waals surface area contributed by atoms with Crippen molar-refractivity contribution in [1.82, 2.24) is 4.47 Å². The summed E-state index contributed by atoms with van der Waals surface area (Å²) in [7, 11) is -1.80. The number of Topliss-reactive ketones (excluding diaryl/α,β-unsaturated/α-hetero) is 1. The van der Waals surface area contributed by atoms with Gasteiger partial charge in [-0.25, -0.2) is 13.2 Å². The quantitative estimate of drug-likeness (QED) is 0.217. The van der Waals surface area contributed by atoms with Gasteiger partial charge in [-0.2, -0.15) is 0 Å². The number of hydrogen-bond acceptors (Lipinski definition) is 8. The van der Waals surface area contributed by atoms with E-state index >= 15 is 0 Å². The SMILES string of the molecule is CON(C)S(=O)(=O)c1cc(C(=O)OC/C(O)=C(\C(C)=N)C(C)=O)ccc1Cl. The molecule has 0 spiro atoms. The van der Waals surface area contributed by atoms with Crippen molar-refractivity contribution in [1.29, 1.82) is 5.41 Å². The maximum atomic E-state index is 12.3. The fraction of sp³-hybridized carbons (Fsp3) is 0.312. The molecular formula is C16H19ClN2O7S. The molecule has 0 fully saturated rings. The number of aliphatic hydroxyl groups is 1. The molecule has 11 heteroatoms. The van der Waals surface area contributed by atoms with E-state index < -0.39 is 34.1 Å². The fourth-order valence-corrected chi connectivity index (χ4v) is 3.51. The van der Waals surface area contributed by atoms with Crippen LogP contribution in [0, 0.1) is 5.41 Å². The largest absolute Gasteiger partial charge is 0.508 e. The Morgan fingerprint density at radius 2 is 1.89 bits per heavy atom. The molecule has 0 saturated heterocycles. The van der Waals surface area contributed by atoms with Gasteiger partial charge in [0.2, 0.25) is 0 Å². The second-order valence-corrected chi connectivity index (χ2v) is 7.63. The average Bonchev–Trinajstić information content (AvgIpc) is 2.58. The minimum absolute atomic E-state index is 0.128. The molecule has 9 nitrogen and oxygen atoms in total. The van der Waals surface area contributed by atoms with Gasteiger partial charge in [-0.05, 0) is 32.0 Å². The van der Waals surface area contributed by atoms with Gasteiger partial charge in [-0.1, -0.05) is 16.1 Å². The van der Waals surface area contributed by atoms with Gasteiger partial charge in [-0.3, -0.25) is 9.63 Å². The van der Waals surface area contributed by atoms with Crippen LogP contribution in [0.1, 0.15) is 24.2 Å². The third-order valence-corrected chi connectivity index (χ3v) is 5.56. The summed E-state index contributed by atoms with van der Waals surface area (Å²) in [6.07, 6.45) is 0. The predicted molar refractivity (Wildman–Crippen MR) is 97.4 cm³/mol. The zero-order valence-electron chi connectivity index (χ0n) is 15.1. The zero-order chi connectivity index (χ0) is 20.9. The van der Waals surface area contributed by atoms with Crippen molar-refractivity contribution < 1.29 is 32.7 Å². The fourth-order valence-electron chi connectivity index (χ4n) is 2.04. The number of rotatable bonds is 8. The van der Waals surface area contributed by atoms with Gasteiger partial charge in [0.25, 0.3) is 10.0 Å². The number of hydroxylamine groups is 1. The summed E-state index contributed by atoms with van der Waals surface area (Å²) in [6.45, 7) is 1.80. The molecule has 0 unspecified atom stereocenters. The topological polar surface area (TPSA) is 134 Å². The molecule has 27 heavy (non-hydrogen) atoms. The highest BCUT2D eigenvalue weighted by molar-refractivity contribution is 7.89. The van der Waals surface area contributed by atoms with Crippen LogP contribution in [0.25, 0.3) is 0 Å². The Balaban J connectivity index is 3.14. The van der Waals surface area contributed by atoms with E-state index in [4.69, 9.17) is 21.7 Å². The summed E-state index contributed by atoms with van der Waals surface area (Å²) in [5, 5.41) is 17.2. The molecule has 0 atom stereocenters. The number of carbonyl (C=O) groups excluding carboxylic acids is 2. The summed E-state index contributed by atoms with van der Waals surface area (Å²) in [5.41, 5.74) is -0.589. The molecule has 1 aromatic carbocycles. The average molecular weight is 419 g/mol. The Hall–Kier alpha value is -2.27. The van der Waals surface area contributed by atoms with Crippen LogP contribution >= 0.6 is 11.6 Å². The van der Waals surface area contributed by atoms with Gasteiger partial charge in [-0.15, -0.1) is 0 Å². The molecule has 1 rings (SSSR count). The number of ether oxygens (including phenoxy) is 1. The summed E-state index contributed by atoms with van der Waals surface area (Å²) in [4.78, 5) is 27.9. The summed E-state index contributed by atoms with van der Waals surface area (Å²) in [5.74, 6) is -2.09. The van der Waals surface area contributed by atoms with Gasteiger partial charge >= 0.3 is 5.97 Å². The van der Waals surface area contributed by atoms with E-state index in [2.05, 4.69) is 4.84 Å². The number of hydrogen-bond donors (Lipinski definition) is 2. The van der Waals surface area contributed by atoms with E-state index in [0.29, 0.717) is 4.47 Å². The zero-order valence-corrected chi connectivity index (χ0v) is 16.6. The number of aliphatic hydroxyl groups excluding tert-OH is 1. The van der Waals surface area contributed by atoms with Gasteiger partial charge in [0.05, 0.1) is 23.3 Å². The number of benzene rings is 1. The number of nitrogens with zero attached hydrogens (tertiary/aromatic N) is 1. The second kappa shape index (κ2) is 9.09. The lowest BCUT2D eigenvalue weighted by Gasteiger charge is -2.15. The summed E-state index contributed by atoms with van der Waals surface area (Å²) < 4.78 is 30.1. The van der Waals surface area contributed by atoms with Crippen molar-refractivity contribution in [3.63, 3.8) is 0 Å². The highest BCUT2D eigenvalue weighted by Gasteiger charge is 2.25. The Bertz CT molecular complexity index is 893. The lowest BCUT2D eigenvalue weighted by atomic mass is 10.1. The summed E-state index contributed by atoms with van der Waals surface area (Å²) in [6, 6.07) is 3.45. The molecule has 0 aliphatic heterocycles. The van der Waals surface area contributed by atoms with E-state index in [0.717, 1.165) is 27.1 Å². The van der Waals surface area contributed by atoms with Crippen molar-refractivity contribution in [2.24, 2.45) is 0 Å². The minimum atomic E-state index is -4.10. The van der Waals surface area contributed by atoms with Crippen LogP contribution in [-0.2, 0) is 24.4 Å². The standard InChI is InChI=1S/C16H19ClN2O7S/c1-9(18)15(10(2)20)13(21)8-26-16(22)11-5-6-12(17)14(7-11)27(23,24)19(3)25-4/h5-7,18,21H,8H2,1-4H3/b15-13-,18-9?. The predicted octanol–water partition coefficient (Wildman–Crippen LogP) is 2.12. The molecule has 2 N–H and O–H groups in total. The van der Waals surface area contributed by atoms with E-state index in [-0.39, 0.29) is 26.8 Å². The Labute approximate surface area is 161 Å². The van der Waals surface area contributed by atoms with Crippen molar-refractivity contribution in [2.45, 2.75) is 18.7 Å². The molecule has 0 bridgehead atoms. The van der Waals surface area contributed by atoms with Gasteiger partial charge in [0.15, 0.2) is 5.78 Å². The first kappa shape index (κ1) is 22.8. The number of carbonyl (C=O) groups is 2. The Kier molecular flexibility index (Phi) is 7.66. The maximum absolute atomic E-state index is 12.3. The van der Waals surface area contributed by atoms with E-state index in [1.54, 1.807) is 0 Å². The van der Waals surface area contributed by atoms with Gasteiger partial charge in [0, 0.05) is 12.8 Å². The lowest BCUT2D eigenvalue weighted by Crippen LogP contribution is -2.26. The number of halogens is 1. The van der Waals surface area contributed by atoms with E-state index in [9.17, 15) is 23.1 Å². The number of esters is 1. The number of allylic oxidation sites excluding steroid dienone is 1. The maximum Gasteiger partial charge on any atom is 0.338 e. The number of nitrogens with one attached hydrogen (secondary N) is 1. The molecule has 0 saturated carbocycles. The van der Waals surface area contributed by atoms with Crippen LogP contribution < -0.4 is 0 Å². The van der Waals surface area contributed by atoms with Crippen molar-refractivity contribution in [2.75, 3.05) is 20.8 Å². The molecule has 0 aliphatic rings. The van der Waals surface area contributed by atoms with Crippen LogP contribution in [0.15, 0.2) is 34.4 Å². The van der Waals surface area contributed by atoms with Crippen LogP contribution in [-0.4, -0.2) is 56.2 Å². The van der Waals surface area contributed by atoms with Crippen LogP contribution in [0.2, 0.25) is 5.02 Å². The molecule has 1 aromatic rings. The monoisotopic (exact) mass is 418 g/mol. The van der Waals surface area contributed by atoms with Crippen LogP contribution in [0.3, 0.4) is 0 Å². The molecule has 0 radical (unpaired) electrons. The first-order valence-electron chi connectivity index (χ1n) is 7.41. The third-order valence-electron chi connectivity index (χ3n) is 3.40. The minimum Gasteiger partial charge on any atom is -0.508 e. The lowest BCUT2D eigenvalue weighted by molar-refractivity contribution is -0.113. The first-order chi connectivity index (χ1) is 12.4. The Morgan fingerprint density at radius 1 is 1.30 bits per heavy atom. The highest BCUT2D eigenvalue weighted by atomic mass is 35.5. The van der Waals surface area contributed by atoms with Gasteiger partial charge < -0.3 is 15.3 Å². The van der Waals surface area contributed by atoms with Crippen molar-refractivity contribution >= 4 is 39.1 Å². The smallest absolute Gasteiger partial charge is 0.338 e. The summed E-state index contributed by atoms with van der Waals surface area (Å²) >= 11 is 5.90. The highest BCUT2D eigenvalue weighted by Crippen LogP contribution is 2.25. The van der Waals surface area contributed by atoms with Gasteiger partial charge in [0.1, 0.15) is 17.3 Å². The molecule has 0 amide bonds. The van der Waals surface area contributed by atoms with Crippen molar-refractivity contribution in [3.8, 4) is 0 Å². The van der Waals surface area contributed by atoms with E-state index in [1.165, 1.54) is 19.1 Å². The normalized spacial score (nSPS) is 12.5. The molecule has 0 aliphatic carbocycles. The number of sulfonamides is 1. The second-order valence-electron chi connectivity index (χ2n) is 5.32. The van der Waals surface area contributed by atoms with Crippen molar-refractivity contribution in [3.05, 3.63) is 40.1 Å². The van der Waals surface area contributed by atoms with E-state index in [1.807, 2.05) is 0 Å². The third kappa shape index (κ3) is 5.36. The first-order valence-corrected chi connectivity index (χ1v) is 9.23.